The Morgan fingerprint density at radius 2 is 1.96 bits per heavy atom. The van der Waals surface area contributed by atoms with Gasteiger partial charge in [0.2, 0.25) is 0 Å². The third kappa shape index (κ3) is 5.44. The Hall–Kier alpha value is -3.12. The zero-order valence-corrected chi connectivity index (χ0v) is 16.0. The Labute approximate surface area is 167 Å². The SMILES string of the molecule is Cc1cccc(OCCNC(=O)COC(=O)c2ccc3nc(Cl)ccc3c2)c1. The highest BCUT2D eigenvalue weighted by atomic mass is 35.5. The van der Waals surface area contributed by atoms with E-state index in [1.165, 1.54) is 0 Å². The summed E-state index contributed by atoms with van der Waals surface area (Å²) in [6.07, 6.45) is 0. The monoisotopic (exact) mass is 398 g/mol. The Kier molecular flexibility index (Phi) is 6.45. The smallest absolute Gasteiger partial charge is 0.338 e. The van der Waals surface area contributed by atoms with Gasteiger partial charge in [-0.05, 0) is 55.0 Å². The van der Waals surface area contributed by atoms with Crippen molar-refractivity contribution in [1.82, 2.24) is 10.3 Å². The van der Waals surface area contributed by atoms with Gasteiger partial charge in [0, 0.05) is 5.39 Å². The maximum atomic E-state index is 12.1. The van der Waals surface area contributed by atoms with Crippen LogP contribution in [0.25, 0.3) is 10.9 Å². The summed E-state index contributed by atoms with van der Waals surface area (Å²) in [5.41, 5.74) is 2.11. The molecule has 0 aliphatic carbocycles. The summed E-state index contributed by atoms with van der Waals surface area (Å²) >= 11 is 5.84. The Morgan fingerprint density at radius 3 is 2.79 bits per heavy atom. The van der Waals surface area contributed by atoms with Crippen molar-refractivity contribution in [3.05, 3.63) is 70.9 Å². The van der Waals surface area contributed by atoms with Crippen LogP contribution in [0.2, 0.25) is 5.15 Å². The van der Waals surface area contributed by atoms with Crippen molar-refractivity contribution in [1.29, 1.82) is 0 Å². The molecule has 1 heterocycles. The van der Waals surface area contributed by atoms with Crippen LogP contribution in [0.4, 0.5) is 0 Å². The van der Waals surface area contributed by atoms with Crippen LogP contribution in [0.3, 0.4) is 0 Å². The molecule has 0 atom stereocenters. The number of aromatic nitrogens is 1. The van der Waals surface area contributed by atoms with Crippen molar-refractivity contribution in [2.24, 2.45) is 0 Å². The van der Waals surface area contributed by atoms with Gasteiger partial charge in [-0.1, -0.05) is 23.7 Å². The van der Waals surface area contributed by atoms with Crippen LogP contribution in [0.5, 0.6) is 5.75 Å². The average Bonchev–Trinajstić information content (AvgIpc) is 2.69. The lowest BCUT2D eigenvalue weighted by molar-refractivity contribution is -0.124. The van der Waals surface area contributed by atoms with Gasteiger partial charge in [0.25, 0.3) is 5.91 Å². The molecule has 6 nitrogen and oxygen atoms in total. The molecule has 0 radical (unpaired) electrons. The van der Waals surface area contributed by atoms with E-state index in [0.29, 0.717) is 29.4 Å². The molecule has 0 unspecified atom stereocenters. The number of aryl methyl sites for hydroxylation is 1. The van der Waals surface area contributed by atoms with Crippen molar-refractivity contribution in [2.75, 3.05) is 19.8 Å². The molecule has 1 N–H and O–H groups in total. The number of hydrogen-bond acceptors (Lipinski definition) is 5. The predicted molar refractivity (Wildman–Crippen MR) is 107 cm³/mol. The van der Waals surface area contributed by atoms with Gasteiger partial charge in [-0.2, -0.15) is 0 Å². The maximum Gasteiger partial charge on any atom is 0.338 e. The third-order valence-electron chi connectivity index (χ3n) is 3.91. The van der Waals surface area contributed by atoms with Crippen LogP contribution in [0, 0.1) is 6.92 Å². The first-order valence-corrected chi connectivity index (χ1v) is 9.09. The highest BCUT2D eigenvalue weighted by Gasteiger charge is 2.11. The quantitative estimate of drug-likeness (QED) is 0.374. The molecule has 28 heavy (non-hydrogen) atoms. The molecule has 0 saturated heterocycles. The second-order valence-corrected chi connectivity index (χ2v) is 6.52. The lowest BCUT2D eigenvalue weighted by Gasteiger charge is -2.09. The van der Waals surface area contributed by atoms with Gasteiger partial charge < -0.3 is 14.8 Å². The first kappa shape index (κ1) is 19.6. The molecule has 0 fully saturated rings. The van der Waals surface area contributed by atoms with Gasteiger partial charge in [0.05, 0.1) is 17.6 Å². The lowest BCUT2D eigenvalue weighted by atomic mass is 10.1. The largest absolute Gasteiger partial charge is 0.492 e. The number of esters is 1. The Bertz CT molecular complexity index is 1010. The Morgan fingerprint density at radius 1 is 1.11 bits per heavy atom. The molecule has 0 aliphatic heterocycles. The van der Waals surface area contributed by atoms with Crippen LogP contribution < -0.4 is 10.1 Å². The van der Waals surface area contributed by atoms with Crippen molar-refractivity contribution in [3.8, 4) is 5.75 Å². The highest BCUT2D eigenvalue weighted by Crippen LogP contribution is 2.17. The molecule has 0 bridgehead atoms. The summed E-state index contributed by atoms with van der Waals surface area (Å²) in [5.74, 6) is -0.230. The fourth-order valence-corrected chi connectivity index (χ4v) is 2.71. The van der Waals surface area contributed by atoms with Gasteiger partial charge in [-0.25, -0.2) is 9.78 Å². The molecule has 3 aromatic rings. The number of pyridine rings is 1. The van der Waals surface area contributed by atoms with E-state index in [9.17, 15) is 9.59 Å². The van der Waals surface area contributed by atoms with Gasteiger partial charge in [0.1, 0.15) is 17.5 Å². The molecular formula is C21H19ClN2O4. The molecular weight excluding hydrogens is 380 g/mol. The van der Waals surface area contributed by atoms with Crippen LogP contribution >= 0.6 is 11.6 Å². The molecule has 7 heteroatoms. The fraction of sp³-hybridized carbons (Fsp3) is 0.190. The molecule has 1 aromatic heterocycles. The zero-order chi connectivity index (χ0) is 19.9. The minimum absolute atomic E-state index is 0.312. The minimum Gasteiger partial charge on any atom is -0.492 e. The molecule has 1 amide bonds. The number of benzene rings is 2. The van der Waals surface area contributed by atoms with Gasteiger partial charge in [-0.3, -0.25) is 4.79 Å². The average molecular weight is 399 g/mol. The summed E-state index contributed by atoms with van der Waals surface area (Å²) in [7, 11) is 0. The summed E-state index contributed by atoms with van der Waals surface area (Å²) in [6.45, 7) is 2.25. The van der Waals surface area contributed by atoms with Crippen LogP contribution in [-0.2, 0) is 9.53 Å². The third-order valence-corrected chi connectivity index (χ3v) is 4.12. The lowest BCUT2D eigenvalue weighted by Crippen LogP contribution is -2.32. The first-order chi connectivity index (χ1) is 13.5. The predicted octanol–water partition coefficient (Wildman–Crippen LogP) is 3.55. The van der Waals surface area contributed by atoms with E-state index in [1.807, 2.05) is 31.2 Å². The summed E-state index contributed by atoms with van der Waals surface area (Å²) in [4.78, 5) is 28.1. The van der Waals surface area contributed by atoms with Crippen LogP contribution in [0.1, 0.15) is 15.9 Å². The second kappa shape index (κ2) is 9.19. The standard InChI is InChI=1S/C21H19ClN2O4/c1-14-3-2-4-17(11-14)27-10-9-23-20(25)13-28-21(26)16-5-7-18-15(12-16)6-8-19(22)24-18/h2-8,11-12H,9-10,13H2,1H3,(H,23,25). The van der Waals surface area contributed by atoms with Crippen molar-refractivity contribution < 1.29 is 19.1 Å². The Balaban J connectivity index is 1.42. The minimum atomic E-state index is -0.581. The topological polar surface area (TPSA) is 77.5 Å². The molecule has 3 rings (SSSR count). The second-order valence-electron chi connectivity index (χ2n) is 6.13. The van der Waals surface area contributed by atoms with Gasteiger partial charge in [0.15, 0.2) is 6.61 Å². The number of carbonyl (C=O) groups excluding carboxylic acids is 2. The van der Waals surface area contributed by atoms with E-state index in [0.717, 1.165) is 16.7 Å². The summed E-state index contributed by atoms with van der Waals surface area (Å²) in [6, 6.07) is 16.0. The van der Waals surface area contributed by atoms with Crippen molar-refractivity contribution in [2.45, 2.75) is 6.92 Å². The maximum absolute atomic E-state index is 12.1. The van der Waals surface area contributed by atoms with E-state index in [1.54, 1.807) is 30.3 Å². The van der Waals surface area contributed by atoms with E-state index >= 15 is 0 Å². The highest BCUT2D eigenvalue weighted by molar-refractivity contribution is 6.29. The van der Waals surface area contributed by atoms with Gasteiger partial charge >= 0.3 is 5.97 Å². The van der Waals surface area contributed by atoms with Crippen LogP contribution in [-0.4, -0.2) is 36.6 Å². The molecule has 0 aliphatic rings. The van der Waals surface area contributed by atoms with Crippen LogP contribution in [0.15, 0.2) is 54.6 Å². The fourth-order valence-electron chi connectivity index (χ4n) is 2.56. The van der Waals surface area contributed by atoms with Crippen molar-refractivity contribution in [3.63, 3.8) is 0 Å². The molecule has 0 saturated carbocycles. The van der Waals surface area contributed by atoms with E-state index in [2.05, 4.69) is 10.3 Å². The molecule has 2 aromatic carbocycles. The number of carbonyl (C=O) groups is 2. The van der Waals surface area contributed by atoms with Gasteiger partial charge in [-0.15, -0.1) is 0 Å². The summed E-state index contributed by atoms with van der Waals surface area (Å²) < 4.78 is 10.6. The normalized spacial score (nSPS) is 10.5. The number of ether oxygens (including phenoxy) is 2. The molecule has 0 spiro atoms. The van der Waals surface area contributed by atoms with Crippen molar-refractivity contribution >= 4 is 34.4 Å². The number of hydrogen-bond donors (Lipinski definition) is 1. The van der Waals surface area contributed by atoms with E-state index in [4.69, 9.17) is 21.1 Å². The number of halogens is 1. The number of rotatable bonds is 7. The zero-order valence-electron chi connectivity index (χ0n) is 15.3. The summed E-state index contributed by atoms with van der Waals surface area (Å²) in [5, 5.41) is 3.79. The molecule has 144 valence electrons. The number of fused-ring (bicyclic) bond motifs is 1. The van der Waals surface area contributed by atoms with E-state index in [-0.39, 0.29) is 6.61 Å². The number of nitrogens with zero attached hydrogens (tertiary/aromatic N) is 1. The number of nitrogens with one attached hydrogen (secondary N) is 1. The van der Waals surface area contributed by atoms with E-state index < -0.39 is 11.9 Å². The first-order valence-electron chi connectivity index (χ1n) is 8.71. The number of amides is 1.